The Labute approximate surface area is 156 Å². The van der Waals surface area contributed by atoms with E-state index in [1.54, 1.807) is 0 Å². The van der Waals surface area contributed by atoms with Gasteiger partial charge in [0.15, 0.2) is 0 Å². The molecule has 144 valence electrons. The van der Waals surface area contributed by atoms with E-state index in [1.165, 1.54) is 24.1 Å². The Balaban J connectivity index is 1.44. The molecule has 3 rings (SSSR count). The summed E-state index contributed by atoms with van der Waals surface area (Å²) in [5, 5.41) is 3.38. The van der Waals surface area contributed by atoms with Crippen molar-refractivity contribution < 1.29 is 9.18 Å². The fraction of sp³-hybridized carbons (Fsp3) is 0.667. The van der Waals surface area contributed by atoms with Crippen LogP contribution in [-0.2, 0) is 11.2 Å². The minimum atomic E-state index is -0.180. The van der Waals surface area contributed by atoms with Gasteiger partial charge in [0.2, 0.25) is 5.91 Å². The summed E-state index contributed by atoms with van der Waals surface area (Å²) in [6, 6.07) is 7.33. The lowest BCUT2D eigenvalue weighted by Crippen LogP contribution is -2.48. The highest BCUT2D eigenvalue weighted by molar-refractivity contribution is 5.78. The van der Waals surface area contributed by atoms with Crippen LogP contribution in [0.1, 0.15) is 37.7 Å². The molecular formula is C21H32FN3O. The van der Waals surface area contributed by atoms with Gasteiger partial charge in [0.05, 0.1) is 6.54 Å². The predicted molar refractivity (Wildman–Crippen MR) is 103 cm³/mol. The summed E-state index contributed by atoms with van der Waals surface area (Å²) in [6.45, 7) is 4.41. The summed E-state index contributed by atoms with van der Waals surface area (Å²) in [4.78, 5) is 17.0. The smallest absolute Gasteiger partial charge is 0.236 e. The average molecular weight is 362 g/mol. The molecule has 0 bridgehead atoms. The SMILES string of the molecule is CN(CC(=O)N1CCCC(CCc2ccc(F)cc2)C1)C1CCNCC1. The van der Waals surface area contributed by atoms with Crippen molar-refractivity contribution in [2.45, 2.75) is 44.6 Å². The molecule has 4 nitrogen and oxygen atoms in total. The van der Waals surface area contributed by atoms with Crippen molar-refractivity contribution in [1.29, 1.82) is 0 Å². The van der Waals surface area contributed by atoms with Gasteiger partial charge in [0.25, 0.3) is 0 Å². The molecule has 1 amide bonds. The highest BCUT2D eigenvalue weighted by Gasteiger charge is 2.26. The number of likely N-dealkylation sites (tertiary alicyclic amines) is 1. The van der Waals surface area contributed by atoms with E-state index in [9.17, 15) is 9.18 Å². The van der Waals surface area contributed by atoms with Gasteiger partial charge in [-0.05, 0) is 82.3 Å². The molecule has 0 radical (unpaired) electrons. The average Bonchev–Trinajstić information content (AvgIpc) is 2.68. The summed E-state index contributed by atoms with van der Waals surface area (Å²) in [6.07, 6.45) is 6.57. The topological polar surface area (TPSA) is 35.6 Å². The highest BCUT2D eigenvalue weighted by atomic mass is 19.1. The first-order valence-electron chi connectivity index (χ1n) is 10.0. The molecule has 26 heavy (non-hydrogen) atoms. The van der Waals surface area contributed by atoms with Crippen LogP contribution >= 0.6 is 0 Å². The zero-order valence-electron chi connectivity index (χ0n) is 15.9. The third kappa shape index (κ3) is 5.52. The van der Waals surface area contributed by atoms with Gasteiger partial charge in [-0.2, -0.15) is 0 Å². The summed E-state index contributed by atoms with van der Waals surface area (Å²) in [5.74, 6) is 0.653. The van der Waals surface area contributed by atoms with E-state index >= 15 is 0 Å². The van der Waals surface area contributed by atoms with Crippen LogP contribution in [0.3, 0.4) is 0 Å². The quantitative estimate of drug-likeness (QED) is 0.846. The van der Waals surface area contributed by atoms with Crippen molar-refractivity contribution in [2.24, 2.45) is 5.92 Å². The van der Waals surface area contributed by atoms with Crippen LogP contribution in [0, 0.1) is 11.7 Å². The maximum atomic E-state index is 13.0. The summed E-state index contributed by atoms with van der Waals surface area (Å²) < 4.78 is 13.0. The van der Waals surface area contributed by atoms with Gasteiger partial charge in [-0.25, -0.2) is 4.39 Å². The third-order valence-corrected chi connectivity index (χ3v) is 5.94. The molecule has 0 spiro atoms. The zero-order chi connectivity index (χ0) is 18.4. The first-order valence-corrected chi connectivity index (χ1v) is 10.0. The molecule has 5 heteroatoms. The predicted octanol–water partition coefficient (Wildman–Crippen LogP) is 2.68. The molecule has 2 fully saturated rings. The molecule has 1 N–H and O–H groups in total. The lowest BCUT2D eigenvalue weighted by molar-refractivity contribution is -0.134. The number of halogens is 1. The fourth-order valence-electron chi connectivity index (χ4n) is 4.24. The molecule has 1 aromatic carbocycles. The van der Waals surface area contributed by atoms with Crippen LogP contribution in [0.25, 0.3) is 0 Å². The number of amides is 1. The lowest BCUT2D eigenvalue weighted by atomic mass is 9.91. The van der Waals surface area contributed by atoms with Crippen LogP contribution in [0.5, 0.6) is 0 Å². The Kier molecular flexibility index (Phi) is 7.03. The Bertz CT molecular complexity index is 571. The van der Waals surface area contributed by atoms with Crippen LogP contribution in [-0.4, -0.2) is 61.5 Å². The van der Waals surface area contributed by atoms with E-state index in [0.717, 1.165) is 58.3 Å². The van der Waals surface area contributed by atoms with E-state index < -0.39 is 0 Å². The minimum absolute atomic E-state index is 0.180. The Morgan fingerprint density at radius 1 is 1.23 bits per heavy atom. The van der Waals surface area contributed by atoms with Gasteiger partial charge >= 0.3 is 0 Å². The highest BCUT2D eigenvalue weighted by Crippen LogP contribution is 2.22. The number of benzene rings is 1. The van der Waals surface area contributed by atoms with Crippen molar-refractivity contribution >= 4 is 5.91 Å². The number of nitrogens with zero attached hydrogens (tertiary/aromatic N) is 2. The van der Waals surface area contributed by atoms with Gasteiger partial charge in [0, 0.05) is 19.1 Å². The molecule has 1 unspecified atom stereocenters. The molecule has 2 saturated heterocycles. The lowest BCUT2D eigenvalue weighted by Gasteiger charge is -2.36. The standard InChI is InChI=1S/C21H32FN3O/c1-24(20-10-12-23-13-11-20)16-21(26)25-14-2-3-18(15-25)5-4-17-6-8-19(22)9-7-17/h6-9,18,20,23H,2-5,10-16H2,1H3. The molecule has 2 aliphatic heterocycles. The maximum absolute atomic E-state index is 13.0. The van der Waals surface area contributed by atoms with Crippen molar-refractivity contribution in [3.05, 3.63) is 35.6 Å². The zero-order valence-corrected chi connectivity index (χ0v) is 15.9. The fourth-order valence-corrected chi connectivity index (χ4v) is 4.24. The molecule has 0 saturated carbocycles. The number of carbonyl (C=O) groups is 1. The number of hydrogen-bond donors (Lipinski definition) is 1. The number of hydrogen-bond acceptors (Lipinski definition) is 3. The number of rotatable bonds is 6. The van der Waals surface area contributed by atoms with Crippen molar-refractivity contribution in [3.8, 4) is 0 Å². The van der Waals surface area contributed by atoms with E-state index in [-0.39, 0.29) is 11.7 Å². The molecule has 0 aromatic heterocycles. The first kappa shape index (κ1) is 19.3. The second-order valence-corrected chi connectivity index (χ2v) is 7.91. The van der Waals surface area contributed by atoms with Gasteiger partial charge in [-0.1, -0.05) is 12.1 Å². The molecular weight excluding hydrogens is 329 g/mol. The monoisotopic (exact) mass is 361 g/mol. The largest absolute Gasteiger partial charge is 0.341 e. The van der Waals surface area contributed by atoms with E-state index in [2.05, 4.69) is 22.2 Å². The number of nitrogens with one attached hydrogen (secondary N) is 1. The van der Waals surface area contributed by atoms with E-state index in [0.29, 0.717) is 18.5 Å². The minimum Gasteiger partial charge on any atom is -0.341 e. The maximum Gasteiger partial charge on any atom is 0.236 e. The molecule has 1 aromatic rings. The third-order valence-electron chi connectivity index (χ3n) is 5.94. The number of aryl methyl sites for hydroxylation is 1. The van der Waals surface area contributed by atoms with Crippen LogP contribution < -0.4 is 5.32 Å². The number of carbonyl (C=O) groups excluding carboxylic acids is 1. The van der Waals surface area contributed by atoms with Crippen LogP contribution in [0.15, 0.2) is 24.3 Å². The van der Waals surface area contributed by atoms with Crippen molar-refractivity contribution in [1.82, 2.24) is 15.1 Å². The number of piperidine rings is 2. The molecule has 0 aliphatic carbocycles. The van der Waals surface area contributed by atoms with Gasteiger partial charge < -0.3 is 10.2 Å². The summed E-state index contributed by atoms with van der Waals surface area (Å²) in [7, 11) is 2.09. The summed E-state index contributed by atoms with van der Waals surface area (Å²) in [5.41, 5.74) is 1.18. The molecule has 2 heterocycles. The second kappa shape index (κ2) is 9.47. The van der Waals surface area contributed by atoms with Crippen LogP contribution in [0.4, 0.5) is 4.39 Å². The normalized spacial score (nSPS) is 22.0. The second-order valence-electron chi connectivity index (χ2n) is 7.91. The Hall–Kier alpha value is -1.46. The van der Waals surface area contributed by atoms with Gasteiger partial charge in [0.1, 0.15) is 5.82 Å². The Morgan fingerprint density at radius 2 is 1.96 bits per heavy atom. The van der Waals surface area contributed by atoms with Crippen molar-refractivity contribution in [2.75, 3.05) is 39.8 Å². The van der Waals surface area contributed by atoms with E-state index in [4.69, 9.17) is 0 Å². The Morgan fingerprint density at radius 3 is 2.69 bits per heavy atom. The van der Waals surface area contributed by atoms with Crippen molar-refractivity contribution in [3.63, 3.8) is 0 Å². The number of likely N-dealkylation sites (N-methyl/N-ethyl adjacent to an activating group) is 1. The van der Waals surface area contributed by atoms with Crippen LogP contribution in [0.2, 0.25) is 0 Å². The van der Waals surface area contributed by atoms with Gasteiger partial charge in [-0.3, -0.25) is 9.69 Å². The molecule has 2 aliphatic rings. The van der Waals surface area contributed by atoms with Gasteiger partial charge in [-0.15, -0.1) is 0 Å². The first-order chi connectivity index (χ1) is 12.6. The molecule has 1 atom stereocenters. The summed E-state index contributed by atoms with van der Waals surface area (Å²) >= 11 is 0. The van der Waals surface area contributed by atoms with E-state index in [1.807, 2.05) is 12.1 Å².